The minimum Gasteiger partial charge on any atom is -0.379 e. The van der Waals surface area contributed by atoms with E-state index < -0.39 is 0 Å². The van der Waals surface area contributed by atoms with Crippen LogP contribution in [-0.2, 0) is 17.9 Å². The number of hydrogen-bond acceptors (Lipinski definition) is 5. The van der Waals surface area contributed by atoms with Crippen molar-refractivity contribution in [2.45, 2.75) is 20.0 Å². The summed E-state index contributed by atoms with van der Waals surface area (Å²) in [5.74, 6) is 0.358. The molecule has 1 heterocycles. The molecule has 3 rings (SSSR count). The van der Waals surface area contributed by atoms with Crippen LogP contribution in [0.3, 0.4) is 0 Å². The Kier molecular flexibility index (Phi) is 6.36. The van der Waals surface area contributed by atoms with Gasteiger partial charge in [-0.1, -0.05) is 43.0 Å². The summed E-state index contributed by atoms with van der Waals surface area (Å²) in [6.45, 7) is 6.66. The molecular weight excluding hydrogens is 350 g/mol. The number of carbonyl (C=O) groups is 1. The number of aromatic nitrogens is 2. The first-order valence-corrected chi connectivity index (χ1v) is 9.02. The van der Waals surface area contributed by atoms with Crippen molar-refractivity contribution in [2.24, 2.45) is 0 Å². The Balaban J connectivity index is 1.63. The van der Waals surface area contributed by atoms with Crippen LogP contribution in [0, 0.1) is 6.92 Å². The molecule has 0 saturated heterocycles. The van der Waals surface area contributed by atoms with Gasteiger partial charge >= 0.3 is 0 Å². The van der Waals surface area contributed by atoms with Gasteiger partial charge in [0.15, 0.2) is 0 Å². The topological polar surface area (TPSA) is 78.9 Å². The second-order valence-corrected chi connectivity index (χ2v) is 6.29. The second kappa shape index (κ2) is 9.32. The zero-order valence-corrected chi connectivity index (χ0v) is 15.8. The first-order valence-electron chi connectivity index (χ1n) is 9.02. The molecule has 0 atom stereocenters. The highest BCUT2D eigenvalue weighted by molar-refractivity contribution is 5.99. The molecule has 0 aliphatic heterocycles. The van der Waals surface area contributed by atoms with E-state index in [4.69, 9.17) is 0 Å². The van der Waals surface area contributed by atoms with Crippen LogP contribution in [0.25, 0.3) is 0 Å². The number of benzene rings is 2. The van der Waals surface area contributed by atoms with Gasteiger partial charge in [-0.25, -0.2) is 9.97 Å². The number of amides is 1. The van der Waals surface area contributed by atoms with E-state index in [1.165, 1.54) is 11.6 Å². The fourth-order valence-electron chi connectivity index (χ4n) is 2.60. The smallest absolute Gasteiger partial charge is 0.247 e. The van der Waals surface area contributed by atoms with Crippen LogP contribution in [0.5, 0.6) is 0 Å². The molecule has 0 spiro atoms. The Morgan fingerprint density at radius 1 is 1.04 bits per heavy atom. The van der Waals surface area contributed by atoms with Gasteiger partial charge in [0.05, 0.1) is 12.2 Å². The van der Waals surface area contributed by atoms with Crippen molar-refractivity contribution in [3.63, 3.8) is 0 Å². The number of hydrogen-bond donors (Lipinski definition) is 3. The maximum Gasteiger partial charge on any atom is 0.247 e. The van der Waals surface area contributed by atoms with Crippen LogP contribution in [0.1, 0.15) is 16.8 Å². The van der Waals surface area contributed by atoms with E-state index in [-0.39, 0.29) is 5.91 Å². The predicted molar refractivity (Wildman–Crippen MR) is 113 cm³/mol. The van der Waals surface area contributed by atoms with Gasteiger partial charge in [-0.2, -0.15) is 0 Å². The Bertz CT molecular complexity index is 956. The van der Waals surface area contributed by atoms with Gasteiger partial charge in [0.2, 0.25) is 11.9 Å². The zero-order chi connectivity index (χ0) is 19.8. The molecule has 6 nitrogen and oxygen atoms in total. The lowest BCUT2D eigenvalue weighted by molar-refractivity contribution is -0.111. The summed E-state index contributed by atoms with van der Waals surface area (Å²) in [4.78, 5) is 20.4. The van der Waals surface area contributed by atoms with Crippen molar-refractivity contribution < 1.29 is 4.79 Å². The highest BCUT2D eigenvalue weighted by Gasteiger charge is 2.05. The van der Waals surface area contributed by atoms with Crippen LogP contribution in [0.15, 0.2) is 73.4 Å². The number of carbonyl (C=O) groups excluding carboxylic acids is 1. The third-order valence-electron chi connectivity index (χ3n) is 4.15. The molecule has 0 fully saturated rings. The molecule has 2 aromatic carbocycles. The molecule has 0 aliphatic rings. The third-order valence-corrected chi connectivity index (χ3v) is 4.15. The van der Waals surface area contributed by atoms with Crippen molar-refractivity contribution in [2.75, 3.05) is 16.0 Å². The summed E-state index contributed by atoms with van der Waals surface area (Å²) in [5, 5.41) is 9.35. The standard InChI is InChI=1S/C22H23N5O/c1-3-21(28)26-19-11-7-10-18(12-19)23-15-20-16(2)13-24-22(27-20)25-14-17-8-5-4-6-9-17/h3-13,23H,1,14-15H2,2H3,(H,26,28)(H,24,25,27). The quantitative estimate of drug-likeness (QED) is 0.517. The van der Waals surface area contributed by atoms with E-state index in [9.17, 15) is 4.79 Å². The molecule has 28 heavy (non-hydrogen) atoms. The lowest BCUT2D eigenvalue weighted by atomic mass is 10.2. The molecule has 3 aromatic rings. The largest absolute Gasteiger partial charge is 0.379 e. The number of nitrogens with one attached hydrogen (secondary N) is 3. The molecule has 0 aliphatic carbocycles. The lowest BCUT2D eigenvalue weighted by Gasteiger charge is -2.12. The molecule has 0 saturated carbocycles. The molecule has 0 radical (unpaired) electrons. The van der Waals surface area contributed by atoms with E-state index in [0.717, 1.165) is 16.9 Å². The Hall–Kier alpha value is -3.67. The van der Waals surface area contributed by atoms with Gasteiger partial charge in [0.25, 0.3) is 0 Å². The van der Waals surface area contributed by atoms with Crippen LogP contribution < -0.4 is 16.0 Å². The first-order chi connectivity index (χ1) is 13.6. The maximum absolute atomic E-state index is 11.4. The van der Waals surface area contributed by atoms with E-state index >= 15 is 0 Å². The highest BCUT2D eigenvalue weighted by Crippen LogP contribution is 2.17. The van der Waals surface area contributed by atoms with Crippen LogP contribution in [0.2, 0.25) is 0 Å². The van der Waals surface area contributed by atoms with Crippen molar-refractivity contribution >= 4 is 23.2 Å². The van der Waals surface area contributed by atoms with Crippen molar-refractivity contribution in [3.05, 3.63) is 90.3 Å². The van der Waals surface area contributed by atoms with E-state index in [1.54, 1.807) is 0 Å². The summed E-state index contributed by atoms with van der Waals surface area (Å²) in [6, 6.07) is 17.6. The molecular formula is C22H23N5O. The van der Waals surface area contributed by atoms with Gasteiger partial charge in [0.1, 0.15) is 0 Å². The number of aryl methyl sites for hydroxylation is 1. The van der Waals surface area contributed by atoms with Crippen molar-refractivity contribution in [3.8, 4) is 0 Å². The zero-order valence-electron chi connectivity index (χ0n) is 15.8. The molecule has 1 amide bonds. The summed E-state index contributed by atoms with van der Waals surface area (Å²) < 4.78 is 0. The number of anilines is 3. The SMILES string of the molecule is C=CC(=O)Nc1cccc(NCc2nc(NCc3ccccc3)ncc2C)c1. The molecule has 3 N–H and O–H groups in total. The average molecular weight is 373 g/mol. The first kappa shape index (κ1) is 19.1. The van der Waals surface area contributed by atoms with Crippen LogP contribution in [0.4, 0.5) is 17.3 Å². The van der Waals surface area contributed by atoms with Crippen molar-refractivity contribution in [1.82, 2.24) is 9.97 Å². The molecule has 0 unspecified atom stereocenters. The van der Waals surface area contributed by atoms with Crippen LogP contribution >= 0.6 is 0 Å². The minimum absolute atomic E-state index is 0.238. The Morgan fingerprint density at radius 2 is 1.82 bits per heavy atom. The van der Waals surface area contributed by atoms with Gasteiger partial charge in [0, 0.05) is 24.1 Å². The Labute approximate surface area is 164 Å². The summed E-state index contributed by atoms with van der Waals surface area (Å²) >= 11 is 0. The van der Waals surface area contributed by atoms with E-state index in [2.05, 4.69) is 44.6 Å². The monoisotopic (exact) mass is 373 g/mol. The van der Waals surface area contributed by atoms with Gasteiger partial charge in [-0.05, 0) is 42.3 Å². The summed E-state index contributed by atoms with van der Waals surface area (Å²) in [7, 11) is 0. The number of nitrogens with zero attached hydrogens (tertiary/aromatic N) is 2. The Morgan fingerprint density at radius 3 is 2.61 bits per heavy atom. The molecule has 142 valence electrons. The number of rotatable bonds is 8. The average Bonchev–Trinajstić information content (AvgIpc) is 2.73. The normalized spacial score (nSPS) is 10.2. The fourth-order valence-corrected chi connectivity index (χ4v) is 2.60. The van der Waals surface area contributed by atoms with Gasteiger partial charge < -0.3 is 16.0 Å². The molecule has 0 bridgehead atoms. The minimum atomic E-state index is -0.238. The van der Waals surface area contributed by atoms with E-state index in [1.807, 2.05) is 55.6 Å². The lowest BCUT2D eigenvalue weighted by Crippen LogP contribution is -2.10. The second-order valence-electron chi connectivity index (χ2n) is 6.29. The van der Waals surface area contributed by atoms with E-state index in [0.29, 0.717) is 24.7 Å². The van der Waals surface area contributed by atoms with Crippen molar-refractivity contribution in [1.29, 1.82) is 0 Å². The summed E-state index contributed by atoms with van der Waals surface area (Å²) in [5.41, 5.74) is 4.68. The van der Waals surface area contributed by atoms with Gasteiger partial charge in [-0.3, -0.25) is 4.79 Å². The summed E-state index contributed by atoms with van der Waals surface area (Å²) in [6.07, 6.45) is 3.06. The predicted octanol–water partition coefficient (Wildman–Crippen LogP) is 4.13. The maximum atomic E-state index is 11.4. The highest BCUT2D eigenvalue weighted by atomic mass is 16.1. The fraction of sp³-hybridized carbons (Fsp3) is 0.136. The van der Waals surface area contributed by atoms with Crippen LogP contribution in [-0.4, -0.2) is 15.9 Å². The molecule has 1 aromatic heterocycles. The van der Waals surface area contributed by atoms with Gasteiger partial charge in [-0.15, -0.1) is 0 Å². The molecule has 6 heteroatoms. The third kappa shape index (κ3) is 5.41.